The lowest BCUT2D eigenvalue weighted by Crippen LogP contribution is -2.33. The van der Waals surface area contributed by atoms with Crippen LogP contribution in [0.5, 0.6) is 0 Å². The van der Waals surface area contributed by atoms with Gasteiger partial charge in [-0.05, 0) is 44.9 Å². The maximum absolute atomic E-state index is 6.23. The normalized spacial score (nSPS) is 26.8. The van der Waals surface area contributed by atoms with Gasteiger partial charge in [0, 0.05) is 10.6 Å². The summed E-state index contributed by atoms with van der Waals surface area (Å²) in [6.07, 6.45) is 2.41. The van der Waals surface area contributed by atoms with E-state index in [4.69, 9.17) is 11.6 Å². The average Bonchev–Trinajstić information content (AvgIpc) is 2.58. The summed E-state index contributed by atoms with van der Waals surface area (Å²) in [5.41, 5.74) is 2.61. The van der Waals surface area contributed by atoms with Gasteiger partial charge < -0.3 is 5.32 Å². The Balaban J connectivity index is 2.44. The van der Waals surface area contributed by atoms with Crippen molar-refractivity contribution in [2.75, 3.05) is 6.54 Å². The molecule has 0 bridgehead atoms. The van der Waals surface area contributed by atoms with E-state index in [1.807, 2.05) is 6.07 Å². The van der Waals surface area contributed by atoms with Crippen molar-refractivity contribution in [3.05, 3.63) is 34.3 Å². The van der Waals surface area contributed by atoms with Gasteiger partial charge in [0.1, 0.15) is 0 Å². The molecular formula is C12H16ClN. The van der Waals surface area contributed by atoms with E-state index in [1.54, 1.807) is 0 Å². The summed E-state index contributed by atoms with van der Waals surface area (Å²) in [5.74, 6) is 0. The third kappa shape index (κ3) is 1.67. The fourth-order valence-corrected chi connectivity index (χ4v) is 2.51. The van der Waals surface area contributed by atoms with E-state index >= 15 is 0 Å². The number of aryl methyl sites for hydroxylation is 1. The predicted molar refractivity (Wildman–Crippen MR) is 60.8 cm³/mol. The first-order chi connectivity index (χ1) is 6.62. The molecule has 1 aliphatic heterocycles. The van der Waals surface area contributed by atoms with Gasteiger partial charge in [0.25, 0.3) is 0 Å². The van der Waals surface area contributed by atoms with Crippen LogP contribution in [-0.4, -0.2) is 6.54 Å². The number of benzene rings is 1. The minimum atomic E-state index is 0.0864. The van der Waals surface area contributed by atoms with Gasteiger partial charge in [-0.1, -0.05) is 29.3 Å². The van der Waals surface area contributed by atoms with E-state index in [-0.39, 0.29) is 5.54 Å². The molecule has 1 heterocycles. The van der Waals surface area contributed by atoms with Crippen LogP contribution >= 0.6 is 11.6 Å². The molecular weight excluding hydrogens is 194 g/mol. The van der Waals surface area contributed by atoms with Crippen molar-refractivity contribution in [1.82, 2.24) is 5.32 Å². The molecule has 1 fully saturated rings. The highest BCUT2D eigenvalue weighted by Gasteiger charge is 2.31. The Morgan fingerprint density at radius 1 is 1.43 bits per heavy atom. The van der Waals surface area contributed by atoms with Crippen LogP contribution in [0.2, 0.25) is 5.02 Å². The second-order valence-electron chi connectivity index (χ2n) is 4.35. The van der Waals surface area contributed by atoms with Crippen LogP contribution in [0.15, 0.2) is 18.2 Å². The summed E-state index contributed by atoms with van der Waals surface area (Å²) in [7, 11) is 0. The van der Waals surface area contributed by atoms with E-state index in [9.17, 15) is 0 Å². The Morgan fingerprint density at radius 2 is 2.21 bits per heavy atom. The van der Waals surface area contributed by atoms with Crippen molar-refractivity contribution in [3.8, 4) is 0 Å². The van der Waals surface area contributed by atoms with Gasteiger partial charge in [-0.3, -0.25) is 0 Å². The van der Waals surface area contributed by atoms with Crippen molar-refractivity contribution in [1.29, 1.82) is 0 Å². The zero-order valence-corrected chi connectivity index (χ0v) is 9.49. The zero-order chi connectivity index (χ0) is 10.2. The quantitative estimate of drug-likeness (QED) is 0.749. The molecule has 0 saturated carbocycles. The Hall–Kier alpha value is -0.530. The zero-order valence-electron chi connectivity index (χ0n) is 8.73. The lowest BCUT2D eigenvalue weighted by Gasteiger charge is -2.26. The highest BCUT2D eigenvalue weighted by molar-refractivity contribution is 6.31. The number of hydrogen-bond donors (Lipinski definition) is 1. The number of nitrogens with one attached hydrogen (secondary N) is 1. The largest absolute Gasteiger partial charge is 0.308 e. The summed E-state index contributed by atoms with van der Waals surface area (Å²) in [4.78, 5) is 0. The molecule has 1 saturated heterocycles. The molecule has 1 unspecified atom stereocenters. The molecule has 2 rings (SSSR count). The van der Waals surface area contributed by atoms with Crippen LogP contribution in [-0.2, 0) is 5.54 Å². The highest BCUT2D eigenvalue weighted by atomic mass is 35.5. The van der Waals surface area contributed by atoms with Gasteiger partial charge >= 0.3 is 0 Å². The van der Waals surface area contributed by atoms with E-state index in [0.717, 1.165) is 11.6 Å². The van der Waals surface area contributed by atoms with Crippen LogP contribution in [0.1, 0.15) is 30.9 Å². The maximum atomic E-state index is 6.23. The third-order valence-electron chi connectivity index (χ3n) is 3.09. The molecule has 1 N–H and O–H groups in total. The third-order valence-corrected chi connectivity index (χ3v) is 3.41. The van der Waals surface area contributed by atoms with Gasteiger partial charge in [-0.2, -0.15) is 0 Å². The topological polar surface area (TPSA) is 12.0 Å². The summed E-state index contributed by atoms with van der Waals surface area (Å²) in [6.45, 7) is 5.44. The lowest BCUT2D eigenvalue weighted by molar-refractivity contribution is 0.435. The Bertz CT molecular complexity index is 340. The van der Waals surface area contributed by atoms with Crippen molar-refractivity contribution in [3.63, 3.8) is 0 Å². The number of halogens is 1. The van der Waals surface area contributed by atoms with Crippen LogP contribution in [0, 0.1) is 6.92 Å². The Kier molecular flexibility index (Phi) is 2.54. The molecule has 0 amide bonds. The molecule has 1 aliphatic rings. The van der Waals surface area contributed by atoms with E-state index in [0.29, 0.717) is 0 Å². The van der Waals surface area contributed by atoms with Gasteiger partial charge in [0.2, 0.25) is 0 Å². The number of hydrogen-bond acceptors (Lipinski definition) is 1. The second-order valence-corrected chi connectivity index (χ2v) is 4.75. The fraction of sp³-hybridized carbons (Fsp3) is 0.500. The smallest absolute Gasteiger partial charge is 0.0456 e. The molecule has 0 radical (unpaired) electrons. The molecule has 1 aromatic rings. The van der Waals surface area contributed by atoms with Gasteiger partial charge in [-0.25, -0.2) is 0 Å². The van der Waals surface area contributed by atoms with E-state index < -0.39 is 0 Å². The molecule has 0 aromatic heterocycles. The summed E-state index contributed by atoms with van der Waals surface area (Å²) >= 11 is 6.23. The lowest BCUT2D eigenvalue weighted by atomic mass is 9.89. The van der Waals surface area contributed by atoms with Crippen LogP contribution in [0.3, 0.4) is 0 Å². The van der Waals surface area contributed by atoms with E-state index in [2.05, 4.69) is 31.3 Å². The molecule has 1 aromatic carbocycles. The molecule has 0 spiro atoms. The first kappa shape index (κ1) is 10.0. The van der Waals surface area contributed by atoms with Crippen LogP contribution in [0.25, 0.3) is 0 Å². The van der Waals surface area contributed by atoms with Crippen molar-refractivity contribution in [2.45, 2.75) is 32.2 Å². The molecule has 1 nitrogen and oxygen atoms in total. The first-order valence-electron chi connectivity index (χ1n) is 5.13. The standard InChI is InChI=1S/C12H16ClN/c1-9-4-5-11(13)10(8-9)12(2)6-3-7-14-12/h4-5,8,14H,3,6-7H2,1-2H3. The summed E-state index contributed by atoms with van der Waals surface area (Å²) in [5, 5.41) is 4.41. The summed E-state index contributed by atoms with van der Waals surface area (Å²) < 4.78 is 0. The second kappa shape index (κ2) is 3.56. The molecule has 0 aliphatic carbocycles. The number of rotatable bonds is 1. The minimum Gasteiger partial charge on any atom is -0.308 e. The summed E-state index contributed by atoms with van der Waals surface area (Å²) in [6, 6.07) is 6.25. The fourth-order valence-electron chi connectivity index (χ4n) is 2.19. The molecule has 1 atom stereocenters. The molecule has 14 heavy (non-hydrogen) atoms. The SMILES string of the molecule is Cc1ccc(Cl)c(C2(C)CCCN2)c1. The van der Waals surface area contributed by atoms with Crippen LogP contribution < -0.4 is 5.32 Å². The maximum Gasteiger partial charge on any atom is 0.0456 e. The predicted octanol–water partition coefficient (Wildman–Crippen LogP) is 3.25. The Morgan fingerprint density at radius 3 is 2.86 bits per heavy atom. The van der Waals surface area contributed by atoms with Crippen LogP contribution in [0.4, 0.5) is 0 Å². The van der Waals surface area contributed by atoms with Crippen molar-refractivity contribution < 1.29 is 0 Å². The van der Waals surface area contributed by atoms with Gasteiger partial charge in [-0.15, -0.1) is 0 Å². The van der Waals surface area contributed by atoms with Gasteiger partial charge in [0.05, 0.1) is 0 Å². The van der Waals surface area contributed by atoms with Crippen molar-refractivity contribution >= 4 is 11.6 Å². The van der Waals surface area contributed by atoms with Crippen molar-refractivity contribution in [2.24, 2.45) is 0 Å². The van der Waals surface area contributed by atoms with E-state index in [1.165, 1.54) is 24.0 Å². The molecule has 2 heteroatoms. The Labute approximate surface area is 90.5 Å². The average molecular weight is 210 g/mol. The first-order valence-corrected chi connectivity index (χ1v) is 5.51. The highest BCUT2D eigenvalue weighted by Crippen LogP contribution is 2.35. The monoisotopic (exact) mass is 209 g/mol. The molecule has 76 valence electrons. The minimum absolute atomic E-state index is 0.0864. The van der Waals surface area contributed by atoms with Gasteiger partial charge in [0.15, 0.2) is 0 Å².